The minimum atomic E-state index is 0.602. The summed E-state index contributed by atoms with van der Waals surface area (Å²) in [5, 5.41) is 5.29. The summed E-state index contributed by atoms with van der Waals surface area (Å²) in [4.78, 5) is 0. The molecule has 0 spiro atoms. The van der Waals surface area contributed by atoms with Gasteiger partial charge in [0.2, 0.25) is 0 Å². The monoisotopic (exact) mass is 309 g/mol. The maximum absolute atomic E-state index is 3.80. The van der Waals surface area contributed by atoms with E-state index in [0.717, 1.165) is 23.5 Å². The van der Waals surface area contributed by atoms with Crippen LogP contribution in [0.4, 0.5) is 0 Å². The maximum Gasteiger partial charge on any atom is 0.0320 e. The first-order chi connectivity index (χ1) is 9.70. The van der Waals surface area contributed by atoms with Gasteiger partial charge in [0.1, 0.15) is 0 Å². The molecule has 0 aliphatic carbocycles. The van der Waals surface area contributed by atoms with E-state index in [4.69, 9.17) is 0 Å². The van der Waals surface area contributed by atoms with Crippen molar-refractivity contribution in [1.82, 2.24) is 5.32 Å². The molecule has 0 saturated carbocycles. The van der Waals surface area contributed by atoms with Crippen molar-refractivity contribution < 1.29 is 0 Å². The Morgan fingerprint density at radius 1 is 1.20 bits per heavy atom. The van der Waals surface area contributed by atoms with Crippen LogP contribution in [0.5, 0.6) is 0 Å². The molecule has 1 N–H and O–H groups in total. The third-order valence-corrected chi connectivity index (χ3v) is 7.12. The lowest BCUT2D eigenvalue weighted by Gasteiger charge is -2.35. The molecule has 3 unspecified atom stereocenters. The highest BCUT2D eigenvalue weighted by atomic mass is 32.2. The van der Waals surface area contributed by atoms with Gasteiger partial charge in [0.05, 0.1) is 0 Å². The Balaban J connectivity index is 2.03. The lowest BCUT2D eigenvalue weighted by atomic mass is 10.0. The van der Waals surface area contributed by atoms with Crippen LogP contribution in [-0.4, -0.2) is 34.6 Å². The van der Waals surface area contributed by atoms with Gasteiger partial charge in [0.25, 0.3) is 0 Å². The van der Waals surface area contributed by atoms with E-state index in [-0.39, 0.29) is 0 Å². The van der Waals surface area contributed by atoms with Crippen molar-refractivity contribution in [2.45, 2.75) is 50.2 Å². The van der Waals surface area contributed by atoms with Crippen LogP contribution < -0.4 is 5.32 Å². The molecule has 1 aliphatic rings. The molecule has 3 atom stereocenters. The molecule has 0 aromatic heterocycles. The zero-order chi connectivity index (χ0) is 14.4. The van der Waals surface area contributed by atoms with Crippen LogP contribution in [0.3, 0.4) is 0 Å². The summed E-state index contributed by atoms with van der Waals surface area (Å²) in [7, 11) is 0. The van der Waals surface area contributed by atoms with E-state index < -0.39 is 0 Å². The first-order valence-electron chi connectivity index (χ1n) is 7.73. The molecule has 3 heteroatoms. The lowest BCUT2D eigenvalue weighted by molar-refractivity contribution is 0.486. The highest BCUT2D eigenvalue weighted by Gasteiger charge is 2.29. The number of thioether (sulfide) groups is 2. The summed E-state index contributed by atoms with van der Waals surface area (Å²) in [5.41, 5.74) is 2.82. The van der Waals surface area contributed by atoms with Crippen molar-refractivity contribution in [3.05, 3.63) is 35.4 Å². The van der Waals surface area contributed by atoms with Crippen molar-refractivity contribution in [2.24, 2.45) is 0 Å². The van der Waals surface area contributed by atoms with Gasteiger partial charge in [-0.3, -0.25) is 0 Å². The molecule has 1 saturated heterocycles. The van der Waals surface area contributed by atoms with Crippen LogP contribution in [0, 0.1) is 6.92 Å². The average Bonchev–Trinajstić information content (AvgIpc) is 2.46. The van der Waals surface area contributed by atoms with Gasteiger partial charge in [0.15, 0.2) is 0 Å². The third-order valence-electron chi connectivity index (χ3n) is 3.87. The van der Waals surface area contributed by atoms with Crippen molar-refractivity contribution in [3.63, 3.8) is 0 Å². The van der Waals surface area contributed by atoms with Gasteiger partial charge in [-0.25, -0.2) is 0 Å². The molecule has 1 aromatic carbocycles. The Kier molecular flexibility index (Phi) is 6.79. The number of hydrogen-bond acceptors (Lipinski definition) is 3. The van der Waals surface area contributed by atoms with Crippen LogP contribution in [0.25, 0.3) is 0 Å². The Hall–Kier alpha value is -0.120. The molecule has 1 aliphatic heterocycles. The van der Waals surface area contributed by atoms with E-state index in [9.17, 15) is 0 Å². The van der Waals surface area contributed by atoms with Crippen LogP contribution in [0.15, 0.2) is 24.3 Å². The van der Waals surface area contributed by atoms with Gasteiger partial charge in [-0.1, -0.05) is 43.7 Å². The summed E-state index contributed by atoms with van der Waals surface area (Å²) in [6.07, 6.45) is 2.37. The van der Waals surface area contributed by atoms with Crippen LogP contribution in [0.2, 0.25) is 0 Å². The van der Waals surface area contributed by atoms with Gasteiger partial charge >= 0.3 is 0 Å². The summed E-state index contributed by atoms with van der Waals surface area (Å²) >= 11 is 4.31. The predicted molar refractivity (Wildman–Crippen MR) is 95.1 cm³/mol. The zero-order valence-corrected chi connectivity index (χ0v) is 14.5. The summed E-state index contributed by atoms with van der Waals surface area (Å²) in [6.45, 7) is 7.94. The minimum absolute atomic E-state index is 0.602. The summed E-state index contributed by atoms with van der Waals surface area (Å²) in [6, 6.07) is 9.66. The van der Waals surface area contributed by atoms with Gasteiger partial charge in [-0.2, -0.15) is 23.5 Å². The van der Waals surface area contributed by atoms with Gasteiger partial charge in [0, 0.05) is 28.0 Å². The lowest BCUT2D eigenvalue weighted by Crippen LogP contribution is -2.46. The SMILES string of the molecule is CCCNC(Cc1ccc(C)cc1)C1SCCSC1C. The number of rotatable bonds is 6. The minimum Gasteiger partial charge on any atom is -0.313 e. The standard InChI is InChI=1S/C17H27NS2/c1-4-9-18-16(17-14(3)19-10-11-20-17)12-15-7-5-13(2)6-8-15/h5-8,14,16-18H,4,9-12H2,1-3H3. The zero-order valence-electron chi connectivity index (χ0n) is 12.9. The molecule has 20 heavy (non-hydrogen) atoms. The third kappa shape index (κ3) is 4.71. The van der Waals surface area contributed by atoms with Gasteiger partial charge in [-0.15, -0.1) is 0 Å². The van der Waals surface area contributed by atoms with E-state index in [2.05, 4.69) is 73.9 Å². The number of benzene rings is 1. The van der Waals surface area contributed by atoms with Crippen molar-refractivity contribution in [3.8, 4) is 0 Å². The molecule has 0 bridgehead atoms. The fraction of sp³-hybridized carbons (Fsp3) is 0.647. The van der Waals surface area contributed by atoms with Crippen LogP contribution in [0.1, 0.15) is 31.4 Å². The molecule has 2 rings (SSSR count). The molecule has 0 amide bonds. The van der Waals surface area contributed by atoms with E-state index in [1.165, 1.54) is 29.1 Å². The van der Waals surface area contributed by atoms with Crippen molar-refractivity contribution in [1.29, 1.82) is 0 Å². The first-order valence-corrected chi connectivity index (χ1v) is 9.82. The summed E-state index contributed by atoms with van der Waals surface area (Å²) in [5.74, 6) is 2.62. The van der Waals surface area contributed by atoms with Crippen molar-refractivity contribution in [2.75, 3.05) is 18.1 Å². The quantitative estimate of drug-likeness (QED) is 0.848. The average molecular weight is 310 g/mol. The second-order valence-electron chi connectivity index (χ2n) is 5.66. The topological polar surface area (TPSA) is 12.0 Å². The van der Waals surface area contributed by atoms with Crippen molar-refractivity contribution >= 4 is 23.5 Å². The van der Waals surface area contributed by atoms with E-state index in [0.29, 0.717) is 6.04 Å². The van der Waals surface area contributed by atoms with Crippen LogP contribution >= 0.6 is 23.5 Å². The summed E-state index contributed by atoms with van der Waals surface area (Å²) < 4.78 is 0. The number of nitrogens with one attached hydrogen (secondary N) is 1. The first kappa shape index (κ1) is 16.3. The van der Waals surface area contributed by atoms with E-state index >= 15 is 0 Å². The van der Waals surface area contributed by atoms with E-state index in [1.54, 1.807) is 0 Å². The Morgan fingerprint density at radius 2 is 1.90 bits per heavy atom. The highest BCUT2D eigenvalue weighted by Crippen LogP contribution is 2.34. The highest BCUT2D eigenvalue weighted by molar-refractivity contribution is 8.07. The van der Waals surface area contributed by atoms with E-state index in [1.807, 2.05) is 0 Å². The normalized spacial score (nSPS) is 24.6. The molecular formula is C17H27NS2. The fourth-order valence-corrected chi connectivity index (χ4v) is 5.66. The predicted octanol–water partition coefficient (Wildman–Crippen LogP) is 4.14. The smallest absolute Gasteiger partial charge is 0.0320 e. The second kappa shape index (κ2) is 8.35. The van der Waals surface area contributed by atoms with Gasteiger partial charge in [-0.05, 0) is 31.9 Å². The molecule has 0 radical (unpaired) electrons. The molecule has 112 valence electrons. The Labute approximate surface area is 132 Å². The van der Waals surface area contributed by atoms with Gasteiger partial charge < -0.3 is 5.32 Å². The Morgan fingerprint density at radius 3 is 2.55 bits per heavy atom. The molecule has 1 nitrogen and oxygen atoms in total. The largest absolute Gasteiger partial charge is 0.313 e. The fourth-order valence-electron chi connectivity index (χ4n) is 2.70. The Bertz CT molecular complexity index is 390. The number of hydrogen-bond donors (Lipinski definition) is 1. The molecule has 1 aromatic rings. The number of aryl methyl sites for hydroxylation is 1. The second-order valence-corrected chi connectivity index (χ2v) is 8.43. The molecule has 1 heterocycles. The maximum atomic E-state index is 3.80. The van der Waals surface area contributed by atoms with Crippen LogP contribution in [-0.2, 0) is 6.42 Å². The molecular weight excluding hydrogens is 282 g/mol. The molecule has 1 fully saturated rings.